The first kappa shape index (κ1) is 34.6. The van der Waals surface area contributed by atoms with Gasteiger partial charge in [-0.15, -0.1) is 0 Å². The van der Waals surface area contributed by atoms with Crippen molar-refractivity contribution in [1.82, 2.24) is 23.9 Å². The van der Waals surface area contributed by atoms with E-state index in [1.54, 1.807) is 7.11 Å². The summed E-state index contributed by atoms with van der Waals surface area (Å²) in [7, 11) is 38.7. The van der Waals surface area contributed by atoms with Gasteiger partial charge in [-0.3, -0.25) is 9.59 Å². The van der Waals surface area contributed by atoms with Crippen molar-refractivity contribution in [2.45, 2.75) is 80.0 Å². The molecule has 2 amide bonds. The number of imidazole rings is 1. The number of nitrogens with zero attached hydrogens (tertiary/aromatic N) is 5. The fourth-order valence-electron chi connectivity index (χ4n) is 8.98. The maximum atomic E-state index is 13.9. The Balaban J connectivity index is 1.15. The monoisotopic (exact) mass is 668 g/mol. The molecule has 2 aromatic carbocycles. The van der Waals surface area contributed by atoms with E-state index in [0.29, 0.717) is 48.1 Å². The summed E-state index contributed by atoms with van der Waals surface area (Å²) in [5.74, 6) is 1.47. The van der Waals surface area contributed by atoms with Crippen LogP contribution in [0.3, 0.4) is 0 Å². The lowest BCUT2D eigenvalue weighted by atomic mass is 9.40. The minimum atomic E-state index is -2.11. The molecule has 51 heavy (non-hydrogen) atoms. The van der Waals surface area contributed by atoms with Gasteiger partial charge < -0.3 is 29.4 Å². The van der Waals surface area contributed by atoms with Gasteiger partial charge in [-0.25, -0.2) is 4.98 Å². The first-order valence-electron chi connectivity index (χ1n) is 17.9. The summed E-state index contributed by atoms with van der Waals surface area (Å²) >= 11 is 0. The molecular formula is C36H38B6N6O3. The predicted octanol–water partition coefficient (Wildman–Crippen LogP) is 2.12. The number of hydrogen-bond donors (Lipinski definition) is 1. The summed E-state index contributed by atoms with van der Waals surface area (Å²) in [6.45, 7) is 1.53. The Morgan fingerprint density at radius 1 is 0.980 bits per heavy atom. The SMILES string of the molecule is [B]C([B])([B])N(C(=O)C1CC(c2cccc3cc(-c4nc5cc(C(=O)N6C[C@H]7CC[C@@H]6C[C@@H]7N)cc(OC)c5n4C)n(CC4CC4)c23)C1)C([B])([B])[B]. The van der Waals surface area contributed by atoms with Crippen LogP contribution in [0, 0.1) is 17.8 Å². The average molecular weight is 668 g/mol. The van der Waals surface area contributed by atoms with Gasteiger partial charge in [-0.2, -0.15) is 0 Å². The number of aryl methyl sites for hydroxylation is 1. The summed E-state index contributed by atoms with van der Waals surface area (Å²) in [6, 6.07) is 12.6. The Morgan fingerprint density at radius 2 is 1.71 bits per heavy atom. The fraction of sp³-hybridized carbons (Fsp3) is 0.528. The molecular weight excluding hydrogens is 629 g/mol. The highest BCUT2D eigenvalue weighted by Crippen LogP contribution is 2.47. The first-order valence-corrected chi connectivity index (χ1v) is 17.9. The van der Waals surface area contributed by atoms with Crippen molar-refractivity contribution >= 4 is 80.8 Å². The second-order valence-electron chi connectivity index (χ2n) is 15.6. The zero-order valence-electron chi connectivity index (χ0n) is 29.3. The molecule has 3 atom stereocenters. The molecule has 15 heteroatoms. The van der Waals surface area contributed by atoms with Crippen LogP contribution in [-0.2, 0) is 18.4 Å². The molecule has 5 aliphatic rings. The number of para-hydroxylation sites is 1. The molecule has 2 aliphatic heterocycles. The van der Waals surface area contributed by atoms with E-state index >= 15 is 0 Å². The highest BCUT2D eigenvalue weighted by atomic mass is 16.5. The maximum Gasteiger partial charge on any atom is 0.254 e. The second-order valence-corrected chi connectivity index (χ2v) is 15.6. The van der Waals surface area contributed by atoms with Gasteiger partial charge in [0.2, 0.25) is 5.91 Å². The number of carbonyl (C=O) groups is 2. The number of methoxy groups -OCH3 is 1. The molecule has 9 rings (SSSR count). The molecule has 2 aromatic heterocycles. The van der Waals surface area contributed by atoms with E-state index < -0.39 is 22.3 Å². The number of carbonyl (C=O) groups excluding carboxylic acids is 2. The van der Waals surface area contributed by atoms with Gasteiger partial charge in [-0.1, -0.05) is 28.7 Å². The summed E-state index contributed by atoms with van der Waals surface area (Å²) in [6.07, 6.45) is 6.32. The van der Waals surface area contributed by atoms with Crippen molar-refractivity contribution in [2.24, 2.45) is 30.5 Å². The van der Waals surface area contributed by atoms with Gasteiger partial charge in [0, 0.05) is 49.1 Å². The predicted molar refractivity (Wildman–Crippen MR) is 203 cm³/mol. The van der Waals surface area contributed by atoms with E-state index in [0.717, 1.165) is 64.2 Å². The quantitative estimate of drug-likeness (QED) is 0.276. The molecule has 4 heterocycles. The number of amides is 2. The Morgan fingerprint density at radius 3 is 2.31 bits per heavy atom. The van der Waals surface area contributed by atoms with Crippen LogP contribution in [0.5, 0.6) is 5.75 Å². The van der Waals surface area contributed by atoms with Crippen molar-refractivity contribution in [3.05, 3.63) is 47.5 Å². The van der Waals surface area contributed by atoms with Crippen molar-refractivity contribution in [3.63, 3.8) is 0 Å². The number of rotatable bonds is 9. The normalized spacial score (nSPS) is 24.9. The zero-order valence-corrected chi connectivity index (χ0v) is 29.3. The van der Waals surface area contributed by atoms with Gasteiger partial charge in [-0.05, 0) is 86.5 Å². The lowest BCUT2D eigenvalue weighted by Gasteiger charge is -2.52. The van der Waals surface area contributed by atoms with E-state index in [2.05, 4.69) is 33.4 Å². The van der Waals surface area contributed by atoms with E-state index in [4.69, 9.17) is 62.5 Å². The Labute approximate surface area is 307 Å². The minimum absolute atomic E-state index is 0.00190. The molecule has 12 radical (unpaired) electrons. The topological polar surface area (TPSA) is 98.6 Å². The summed E-state index contributed by atoms with van der Waals surface area (Å²) in [4.78, 5) is 35.3. The van der Waals surface area contributed by atoms with Crippen molar-refractivity contribution < 1.29 is 14.3 Å². The number of hydrogen-bond acceptors (Lipinski definition) is 5. The molecule has 0 unspecified atom stereocenters. The summed E-state index contributed by atoms with van der Waals surface area (Å²) < 4.78 is 10.3. The third-order valence-electron chi connectivity index (χ3n) is 11.8. The van der Waals surface area contributed by atoms with Crippen LogP contribution in [-0.4, -0.2) is 119 Å². The van der Waals surface area contributed by atoms with Crippen molar-refractivity contribution in [2.75, 3.05) is 13.7 Å². The largest absolute Gasteiger partial charge is 0.494 e. The van der Waals surface area contributed by atoms with Crippen molar-refractivity contribution in [3.8, 4) is 17.3 Å². The van der Waals surface area contributed by atoms with Crippen LogP contribution in [0.2, 0.25) is 0 Å². The maximum absolute atomic E-state index is 13.9. The van der Waals surface area contributed by atoms with Gasteiger partial charge >= 0.3 is 0 Å². The van der Waals surface area contributed by atoms with Crippen LogP contribution in [0.1, 0.15) is 66.8 Å². The second kappa shape index (κ2) is 12.3. The lowest BCUT2D eigenvalue weighted by Crippen LogP contribution is -2.67. The number of benzene rings is 2. The van der Waals surface area contributed by atoms with Crippen molar-refractivity contribution in [1.29, 1.82) is 0 Å². The first-order chi connectivity index (χ1) is 24.1. The van der Waals surface area contributed by atoms with Gasteiger partial charge in [0.15, 0.2) is 5.82 Å². The number of ether oxygens (including phenoxy) is 1. The number of nitrogens with two attached hydrogens (primary N) is 1. The van der Waals surface area contributed by atoms with E-state index in [1.165, 1.54) is 12.8 Å². The fourth-order valence-corrected chi connectivity index (χ4v) is 8.98. The zero-order chi connectivity index (χ0) is 36.1. The smallest absolute Gasteiger partial charge is 0.254 e. The average Bonchev–Trinajstić information content (AvgIpc) is 3.70. The Hall–Kier alpha value is -3.46. The van der Waals surface area contributed by atoms with Crippen LogP contribution >= 0.6 is 0 Å². The molecule has 3 saturated carbocycles. The molecule has 3 aliphatic carbocycles. The molecule has 9 nitrogen and oxygen atoms in total. The molecule has 2 saturated heterocycles. The van der Waals surface area contributed by atoms with E-state index in [1.807, 2.05) is 24.1 Å². The number of piperidine rings is 2. The summed E-state index contributed by atoms with van der Waals surface area (Å²) in [5, 5.41) is -3.14. The number of aromatic nitrogens is 3. The lowest BCUT2D eigenvalue weighted by molar-refractivity contribution is -0.139. The molecule has 248 valence electrons. The van der Waals surface area contributed by atoms with Crippen LogP contribution < -0.4 is 10.5 Å². The van der Waals surface area contributed by atoms with E-state index in [9.17, 15) is 9.59 Å². The minimum Gasteiger partial charge on any atom is -0.494 e. The Bertz CT molecular complexity index is 2030. The van der Waals surface area contributed by atoms with Crippen LogP contribution in [0.25, 0.3) is 33.5 Å². The van der Waals surface area contributed by atoms with E-state index in [-0.39, 0.29) is 23.9 Å². The Kier molecular flexibility index (Phi) is 8.36. The molecule has 0 spiro atoms. The van der Waals surface area contributed by atoms with Crippen LogP contribution in [0.15, 0.2) is 36.4 Å². The van der Waals surface area contributed by atoms with Gasteiger partial charge in [0.25, 0.3) is 5.91 Å². The highest BCUT2D eigenvalue weighted by molar-refractivity contribution is 6.64. The van der Waals surface area contributed by atoms with Crippen LogP contribution in [0.4, 0.5) is 0 Å². The molecule has 2 N–H and O–H groups in total. The summed E-state index contributed by atoms with van der Waals surface area (Å²) in [5.41, 5.74) is 11.7. The van der Waals surface area contributed by atoms with Gasteiger partial charge in [0.05, 0.1) is 70.9 Å². The third kappa shape index (κ3) is 5.95. The molecule has 4 aromatic rings. The molecule has 2 bridgehead atoms. The molecule has 5 fully saturated rings. The third-order valence-corrected chi connectivity index (χ3v) is 11.8. The highest BCUT2D eigenvalue weighted by Gasteiger charge is 2.44. The van der Waals surface area contributed by atoms with Gasteiger partial charge in [0.1, 0.15) is 11.3 Å². The standard InChI is InChI=1S/C36H38B6N6O3/c1-45-31-27(12-23(14-29(31)51-2)33(49)46-17-20-8-9-24(46)15-26(20)43)44-32(45)28-13-19-4-3-5-25(30(19)47(28)16-18-6-7-18)21-10-22(11-21)34(50)48(35(37,38)39)36(40,41)42/h3-5,12-14,18,20-22,24,26H,6-11,15-17,43H2,1-2H3/t20-,21?,22?,24-,26+/m1/s1. The number of fused-ring (bicyclic) bond motifs is 5.